The van der Waals surface area contributed by atoms with Crippen molar-refractivity contribution in [1.82, 2.24) is 9.88 Å². The second kappa shape index (κ2) is 11.3. The molecule has 1 aromatic heterocycles. The SMILES string of the molecule is Cc1cc(C(=O)N2CCCCC2)ccc1COc1ccc(Cl)cc1-c1csc(N2CC(C)C(C(=O)O)C2)n1. The maximum Gasteiger partial charge on any atom is 0.308 e. The predicted octanol–water partition coefficient (Wildman–Crippen LogP) is 6.13. The van der Waals surface area contributed by atoms with E-state index >= 15 is 0 Å². The number of thiazole rings is 1. The van der Waals surface area contributed by atoms with E-state index in [1.165, 1.54) is 17.8 Å². The highest BCUT2D eigenvalue weighted by molar-refractivity contribution is 7.14. The van der Waals surface area contributed by atoms with Crippen LogP contribution in [0.15, 0.2) is 41.8 Å². The van der Waals surface area contributed by atoms with E-state index in [4.69, 9.17) is 21.3 Å². The number of ether oxygens (including phenoxy) is 1. The number of nitrogens with zero attached hydrogens (tertiary/aromatic N) is 3. The summed E-state index contributed by atoms with van der Waals surface area (Å²) >= 11 is 7.83. The zero-order chi connectivity index (χ0) is 26.8. The number of hydrogen-bond donors (Lipinski definition) is 1. The molecule has 1 N–H and O–H groups in total. The van der Waals surface area contributed by atoms with Crippen LogP contribution < -0.4 is 9.64 Å². The highest BCUT2D eigenvalue weighted by atomic mass is 35.5. The molecule has 2 atom stereocenters. The van der Waals surface area contributed by atoms with Crippen LogP contribution in [-0.2, 0) is 11.4 Å². The number of aryl methyl sites for hydroxylation is 1. The first-order chi connectivity index (χ1) is 18.3. The van der Waals surface area contributed by atoms with Gasteiger partial charge in [0.15, 0.2) is 5.13 Å². The molecule has 2 aliphatic heterocycles. The van der Waals surface area contributed by atoms with Gasteiger partial charge >= 0.3 is 5.97 Å². The average molecular weight is 554 g/mol. The lowest BCUT2D eigenvalue weighted by atomic mass is 9.99. The number of hydrogen-bond acceptors (Lipinski definition) is 6. The summed E-state index contributed by atoms with van der Waals surface area (Å²) in [7, 11) is 0. The van der Waals surface area contributed by atoms with E-state index in [-0.39, 0.29) is 11.8 Å². The van der Waals surface area contributed by atoms with E-state index < -0.39 is 11.9 Å². The molecule has 200 valence electrons. The summed E-state index contributed by atoms with van der Waals surface area (Å²) in [6.45, 7) is 7.10. The molecule has 38 heavy (non-hydrogen) atoms. The molecule has 2 saturated heterocycles. The van der Waals surface area contributed by atoms with Crippen molar-refractivity contribution in [2.24, 2.45) is 11.8 Å². The summed E-state index contributed by atoms with van der Waals surface area (Å²) in [6, 6.07) is 11.3. The van der Waals surface area contributed by atoms with Crippen molar-refractivity contribution in [2.75, 3.05) is 31.1 Å². The molecule has 9 heteroatoms. The molecule has 2 fully saturated rings. The van der Waals surface area contributed by atoms with Crippen molar-refractivity contribution in [2.45, 2.75) is 39.7 Å². The van der Waals surface area contributed by atoms with E-state index in [2.05, 4.69) is 0 Å². The second-order valence-electron chi connectivity index (χ2n) is 10.3. The van der Waals surface area contributed by atoms with Gasteiger partial charge in [-0.1, -0.05) is 24.6 Å². The van der Waals surface area contributed by atoms with Gasteiger partial charge in [-0.25, -0.2) is 4.98 Å². The van der Waals surface area contributed by atoms with Gasteiger partial charge in [0.1, 0.15) is 12.4 Å². The van der Waals surface area contributed by atoms with E-state index in [0.29, 0.717) is 30.5 Å². The van der Waals surface area contributed by atoms with Crippen molar-refractivity contribution >= 4 is 39.9 Å². The molecule has 0 radical (unpaired) electrons. The van der Waals surface area contributed by atoms with Gasteiger partial charge in [-0.05, 0) is 73.6 Å². The number of benzene rings is 2. The molecular formula is C29H32ClN3O4S. The molecule has 2 aromatic carbocycles. The highest BCUT2D eigenvalue weighted by Gasteiger charge is 2.36. The van der Waals surface area contributed by atoms with E-state index in [1.807, 2.05) is 59.4 Å². The number of carbonyl (C=O) groups is 2. The summed E-state index contributed by atoms with van der Waals surface area (Å²) in [5.74, 6) is -0.327. The number of carboxylic acids is 1. The minimum Gasteiger partial charge on any atom is -0.488 e. The van der Waals surface area contributed by atoms with Crippen LogP contribution in [0.5, 0.6) is 5.75 Å². The van der Waals surface area contributed by atoms with Crippen LogP contribution in [-0.4, -0.2) is 53.0 Å². The number of anilines is 1. The largest absolute Gasteiger partial charge is 0.488 e. The zero-order valence-electron chi connectivity index (χ0n) is 21.7. The van der Waals surface area contributed by atoms with Crippen molar-refractivity contribution in [1.29, 1.82) is 0 Å². The third-order valence-electron chi connectivity index (χ3n) is 7.53. The molecule has 0 aliphatic carbocycles. The number of piperidine rings is 1. The first-order valence-corrected chi connectivity index (χ1v) is 14.3. The van der Waals surface area contributed by atoms with Gasteiger partial charge in [0.05, 0.1) is 11.6 Å². The topological polar surface area (TPSA) is 83.0 Å². The second-order valence-corrected chi connectivity index (χ2v) is 11.5. The molecule has 0 saturated carbocycles. The molecule has 7 nitrogen and oxygen atoms in total. The van der Waals surface area contributed by atoms with Crippen molar-refractivity contribution in [3.8, 4) is 17.0 Å². The molecule has 2 aliphatic rings. The Morgan fingerprint density at radius 2 is 1.92 bits per heavy atom. The molecule has 3 aromatic rings. The number of halogens is 1. The van der Waals surface area contributed by atoms with E-state index in [9.17, 15) is 14.7 Å². The standard InChI is InChI=1S/C29H32ClN3O4S/c1-18-12-20(27(34)32-10-4-3-5-11-32)6-7-21(18)16-37-26-9-8-22(30)13-23(26)25-17-38-29(31-25)33-14-19(2)24(15-33)28(35)36/h6-9,12-13,17,19,24H,3-5,10-11,14-16H2,1-2H3,(H,35,36). The minimum atomic E-state index is -0.763. The third-order valence-corrected chi connectivity index (χ3v) is 8.66. The lowest BCUT2D eigenvalue weighted by molar-refractivity contribution is -0.142. The number of aliphatic carboxylic acids is 1. The van der Waals surface area contributed by atoms with Crippen LogP contribution in [0, 0.1) is 18.8 Å². The van der Waals surface area contributed by atoms with Gasteiger partial charge in [-0.2, -0.15) is 0 Å². The fourth-order valence-corrected chi connectivity index (χ4v) is 6.25. The zero-order valence-corrected chi connectivity index (χ0v) is 23.2. The lowest BCUT2D eigenvalue weighted by Gasteiger charge is -2.27. The van der Waals surface area contributed by atoms with Gasteiger partial charge in [-0.3, -0.25) is 9.59 Å². The van der Waals surface area contributed by atoms with Crippen molar-refractivity contribution < 1.29 is 19.4 Å². The number of likely N-dealkylation sites (tertiary alicyclic amines) is 1. The van der Waals surface area contributed by atoms with Gasteiger partial charge in [0.25, 0.3) is 5.91 Å². The van der Waals surface area contributed by atoms with Crippen LogP contribution in [0.1, 0.15) is 47.7 Å². The summed E-state index contributed by atoms with van der Waals surface area (Å²) < 4.78 is 6.25. The summed E-state index contributed by atoms with van der Waals surface area (Å²) in [6.07, 6.45) is 3.33. The molecule has 5 rings (SSSR count). The fraction of sp³-hybridized carbons (Fsp3) is 0.414. The Balaban J connectivity index is 1.30. The monoisotopic (exact) mass is 553 g/mol. The van der Waals surface area contributed by atoms with Crippen molar-refractivity contribution in [3.63, 3.8) is 0 Å². The highest BCUT2D eigenvalue weighted by Crippen LogP contribution is 2.38. The summed E-state index contributed by atoms with van der Waals surface area (Å²) in [4.78, 5) is 33.2. The van der Waals surface area contributed by atoms with E-state index in [1.54, 1.807) is 6.07 Å². The van der Waals surface area contributed by atoms with Crippen LogP contribution in [0.2, 0.25) is 5.02 Å². The molecular weight excluding hydrogens is 522 g/mol. The van der Waals surface area contributed by atoms with Gasteiger partial charge in [0.2, 0.25) is 0 Å². The fourth-order valence-electron chi connectivity index (χ4n) is 5.23. The van der Waals surface area contributed by atoms with Gasteiger partial charge in [-0.15, -0.1) is 11.3 Å². The molecule has 1 amide bonds. The van der Waals surface area contributed by atoms with Crippen LogP contribution in [0.25, 0.3) is 11.3 Å². The van der Waals surface area contributed by atoms with Gasteiger partial charge < -0.3 is 19.6 Å². The number of amides is 1. The van der Waals surface area contributed by atoms with Crippen LogP contribution in [0.3, 0.4) is 0 Å². The van der Waals surface area contributed by atoms with Crippen LogP contribution >= 0.6 is 22.9 Å². The van der Waals surface area contributed by atoms with Gasteiger partial charge in [0, 0.05) is 47.7 Å². The Morgan fingerprint density at radius 1 is 1.13 bits per heavy atom. The quantitative estimate of drug-likeness (QED) is 0.379. The number of carbonyl (C=O) groups excluding carboxylic acids is 1. The minimum absolute atomic E-state index is 0.0645. The lowest BCUT2D eigenvalue weighted by Crippen LogP contribution is -2.35. The Kier molecular flexibility index (Phi) is 7.91. The Labute approximate surface area is 232 Å². The Bertz CT molecular complexity index is 1340. The first-order valence-electron chi connectivity index (χ1n) is 13.0. The molecule has 0 bridgehead atoms. The maximum absolute atomic E-state index is 12.9. The maximum atomic E-state index is 12.9. The normalized spacial score (nSPS) is 19.6. The van der Waals surface area contributed by atoms with Crippen LogP contribution in [0.4, 0.5) is 5.13 Å². The average Bonchev–Trinajstić information content (AvgIpc) is 3.55. The third kappa shape index (κ3) is 5.66. The summed E-state index contributed by atoms with van der Waals surface area (Å²) in [5, 5.41) is 12.8. The molecule has 0 spiro atoms. The van der Waals surface area contributed by atoms with Crippen molar-refractivity contribution in [3.05, 3.63) is 63.5 Å². The predicted molar refractivity (Wildman–Crippen MR) is 150 cm³/mol. The number of rotatable bonds is 7. The molecule has 3 heterocycles. The number of aromatic nitrogens is 1. The smallest absolute Gasteiger partial charge is 0.308 e. The Hall–Kier alpha value is -3.10. The first kappa shape index (κ1) is 26.5. The summed E-state index contributed by atoms with van der Waals surface area (Å²) in [5.41, 5.74) is 4.27. The van der Waals surface area contributed by atoms with E-state index in [0.717, 1.165) is 59.0 Å². The molecule has 2 unspecified atom stereocenters. The number of carboxylic acid groups (broad SMARTS) is 1. The Morgan fingerprint density at radius 3 is 2.63 bits per heavy atom.